The predicted molar refractivity (Wildman–Crippen MR) is 122 cm³/mol. The average Bonchev–Trinajstić information content (AvgIpc) is 2.69. The van der Waals surface area contributed by atoms with Gasteiger partial charge in [0.15, 0.2) is 0 Å². The molecule has 1 aliphatic carbocycles. The van der Waals surface area contributed by atoms with Crippen molar-refractivity contribution in [3.05, 3.63) is 24.3 Å². The van der Waals surface area contributed by atoms with E-state index in [0.717, 1.165) is 48.9 Å². The van der Waals surface area contributed by atoms with Gasteiger partial charge in [-0.15, -0.1) is 0 Å². The van der Waals surface area contributed by atoms with E-state index in [4.69, 9.17) is 9.72 Å². The monoisotopic (exact) mass is 413 g/mol. The van der Waals surface area contributed by atoms with E-state index in [9.17, 15) is 4.79 Å². The van der Waals surface area contributed by atoms with Gasteiger partial charge in [0.2, 0.25) is 5.95 Å². The molecule has 1 amide bonds. The Hall–Kier alpha value is -2.57. The van der Waals surface area contributed by atoms with Crippen LogP contribution in [0.25, 0.3) is 10.9 Å². The summed E-state index contributed by atoms with van der Waals surface area (Å²) in [4.78, 5) is 23.3. The Morgan fingerprint density at radius 1 is 1.07 bits per heavy atom. The van der Waals surface area contributed by atoms with Crippen LogP contribution in [0.5, 0.6) is 0 Å². The van der Waals surface area contributed by atoms with Crippen LogP contribution in [-0.4, -0.2) is 48.8 Å². The Labute approximate surface area is 179 Å². The molecule has 0 spiro atoms. The third kappa shape index (κ3) is 6.21. The van der Waals surface area contributed by atoms with Gasteiger partial charge in [-0.25, -0.2) is 9.78 Å². The summed E-state index contributed by atoms with van der Waals surface area (Å²) in [6, 6.07) is 8.10. The molecule has 7 nitrogen and oxygen atoms in total. The maximum atomic E-state index is 11.8. The lowest BCUT2D eigenvalue weighted by Gasteiger charge is -2.29. The number of carbonyl (C=O) groups is 1. The summed E-state index contributed by atoms with van der Waals surface area (Å²) in [5.74, 6) is 2.73. The molecule has 30 heavy (non-hydrogen) atoms. The normalized spacial score (nSPS) is 19.4. The number of hydrogen-bond acceptors (Lipinski definition) is 6. The predicted octanol–water partition coefficient (Wildman–Crippen LogP) is 4.44. The first-order valence-corrected chi connectivity index (χ1v) is 10.9. The number of anilines is 2. The summed E-state index contributed by atoms with van der Waals surface area (Å²) in [5, 5.41) is 7.43. The molecule has 3 rings (SSSR count). The van der Waals surface area contributed by atoms with Crippen molar-refractivity contribution in [2.75, 3.05) is 37.4 Å². The van der Waals surface area contributed by atoms with Crippen LogP contribution in [0.3, 0.4) is 0 Å². The molecule has 1 aromatic heterocycles. The van der Waals surface area contributed by atoms with E-state index >= 15 is 0 Å². The number of carbonyl (C=O) groups excluding carboxylic acids is 1. The van der Waals surface area contributed by atoms with Gasteiger partial charge >= 0.3 is 6.09 Å². The fraction of sp³-hybridized carbons (Fsp3) is 0.609. The quantitative estimate of drug-likeness (QED) is 0.729. The molecule has 1 saturated carbocycles. The van der Waals surface area contributed by atoms with Crippen molar-refractivity contribution in [3.63, 3.8) is 0 Å². The van der Waals surface area contributed by atoms with E-state index in [1.807, 2.05) is 58.0 Å². The van der Waals surface area contributed by atoms with Gasteiger partial charge < -0.3 is 20.3 Å². The number of alkyl carbamates (subject to hydrolysis) is 1. The van der Waals surface area contributed by atoms with E-state index in [1.54, 1.807) is 0 Å². The van der Waals surface area contributed by atoms with Crippen molar-refractivity contribution in [2.24, 2.45) is 11.8 Å². The van der Waals surface area contributed by atoms with Crippen LogP contribution in [0.4, 0.5) is 16.6 Å². The maximum Gasteiger partial charge on any atom is 0.407 e. The minimum Gasteiger partial charge on any atom is -0.444 e. The van der Waals surface area contributed by atoms with Gasteiger partial charge in [0.25, 0.3) is 0 Å². The Balaban J connectivity index is 1.47. The van der Waals surface area contributed by atoms with Crippen molar-refractivity contribution >= 4 is 28.8 Å². The molecule has 0 aliphatic heterocycles. The Kier molecular flexibility index (Phi) is 7.00. The van der Waals surface area contributed by atoms with Gasteiger partial charge in [0, 0.05) is 32.6 Å². The summed E-state index contributed by atoms with van der Waals surface area (Å²) in [6.45, 7) is 7.20. The fourth-order valence-electron chi connectivity index (χ4n) is 3.90. The highest BCUT2D eigenvalue weighted by atomic mass is 16.6. The lowest BCUT2D eigenvalue weighted by Crippen LogP contribution is -2.36. The first-order valence-electron chi connectivity index (χ1n) is 10.9. The van der Waals surface area contributed by atoms with E-state index in [-0.39, 0.29) is 6.09 Å². The van der Waals surface area contributed by atoms with Crippen LogP contribution in [-0.2, 0) is 4.74 Å². The Bertz CT molecular complexity index is 854. The zero-order chi connectivity index (χ0) is 21.7. The molecular weight excluding hydrogens is 378 g/mol. The number of para-hydroxylation sites is 1. The fourth-order valence-corrected chi connectivity index (χ4v) is 3.90. The molecule has 1 aliphatic rings. The van der Waals surface area contributed by atoms with Crippen molar-refractivity contribution in [3.8, 4) is 0 Å². The van der Waals surface area contributed by atoms with Crippen LogP contribution >= 0.6 is 0 Å². The van der Waals surface area contributed by atoms with E-state index in [2.05, 4.69) is 21.7 Å². The van der Waals surface area contributed by atoms with Crippen molar-refractivity contribution in [1.29, 1.82) is 0 Å². The van der Waals surface area contributed by atoms with Gasteiger partial charge in [-0.3, -0.25) is 0 Å². The number of nitrogens with zero attached hydrogens (tertiary/aromatic N) is 3. The highest BCUT2D eigenvalue weighted by molar-refractivity contribution is 5.90. The van der Waals surface area contributed by atoms with Gasteiger partial charge in [-0.05, 0) is 70.4 Å². The van der Waals surface area contributed by atoms with Gasteiger partial charge in [-0.1, -0.05) is 12.1 Å². The van der Waals surface area contributed by atoms with Gasteiger partial charge in [0.1, 0.15) is 11.4 Å². The van der Waals surface area contributed by atoms with Crippen LogP contribution in [0, 0.1) is 11.8 Å². The number of benzene rings is 1. The van der Waals surface area contributed by atoms with E-state index in [0.29, 0.717) is 24.3 Å². The van der Waals surface area contributed by atoms with E-state index < -0.39 is 5.60 Å². The number of hydrogen-bond donors (Lipinski definition) is 2. The number of nitrogens with one attached hydrogen (secondary N) is 2. The zero-order valence-corrected chi connectivity index (χ0v) is 18.9. The number of fused-ring (bicyclic) bond motifs is 1. The summed E-state index contributed by atoms with van der Waals surface area (Å²) < 4.78 is 5.32. The highest BCUT2D eigenvalue weighted by Gasteiger charge is 2.23. The molecule has 0 unspecified atom stereocenters. The third-order valence-corrected chi connectivity index (χ3v) is 5.46. The number of ether oxygens (including phenoxy) is 1. The van der Waals surface area contributed by atoms with Crippen LogP contribution in [0.1, 0.15) is 46.5 Å². The second-order valence-electron chi connectivity index (χ2n) is 9.43. The van der Waals surface area contributed by atoms with Crippen LogP contribution in [0.15, 0.2) is 24.3 Å². The molecule has 1 heterocycles. The summed E-state index contributed by atoms with van der Waals surface area (Å²) in [6.07, 6.45) is 4.19. The topological polar surface area (TPSA) is 79.4 Å². The summed E-state index contributed by atoms with van der Waals surface area (Å²) in [7, 11) is 4.01. The van der Waals surface area contributed by atoms with Gasteiger partial charge in [0.05, 0.1) is 5.52 Å². The Morgan fingerprint density at radius 2 is 1.70 bits per heavy atom. The second kappa shape index (κ2) is 9.49. The van der Waals surface area contributed by atoms with E-state index in [1.165, 1.54) is 0 Å². The molecule has 1 aromatic carbocycles. The Morgan fingerprint density at radius 3 is 2.33 bits per heavy atom. The summed E-state index contributed by atoms with van der Waals surface area (Å²) >= 11 is 0. The first kappa shape index (κ1) is 22.1. The van der Waals surface area contributed by atoms with Crippen LogP contribution < -0.4 is 15.5 Å². The van der Waals surface area contributed by atoms with Crippen molar-refractivity contribution in [1.82, 2.24) is 15.3 Å². The molecule has 0 radical (unpaired) electrons. The standard InChI is InChI=1S/C23H35N5O2/c1-23(2,3)30-22(29)25-15-17-12-10-16(11-13-17)14-24-21-26-19-9-7-6-8-18(19)20(27-21)28(4)5/h6-9,16-17H,10-15H2,1-5H3,(H,25,29)(H,24,26,27). The summed E-state index contributed by atoms with van der Waals surface area (Å²) in [5.41, 5.74) is 0.501. The highest BCUT2D eigenvalue weighted by Crippen LogP contribution is 2.29. The van der Waals surface area contributed by atoms with Crippen molar-refractivity contribution in [2.45, 2.75) is 52.1 Å². The molecule has 2 aromatic rings. The SMILES string of the molecule is CN(C)c1nc(NCC2CCC(CNC(=O)OC(C)(C)C)CC2)nc2ccccc12. The van der Waals surface area contributed by atoms with Crippen molar-refractivity contribution < 1.29 is 9.53 Å². The van der Waals surface area contributed by atoms with Crippen LogP contribution in [0.2, 0.25) is 0 Å². The maximum absolute atomic E-state index is 11.8. The molecule has 0 atom stereocenters. The lowest BCUT2D eigenvalue weighted by atomic mass is 9.82. The zero-order valence-electron chi connectivity index (χ0n) is 18.9. The smallest absolute Gasteiger partial charge is 0.407 e. The molecule has 0 bridgehead atoms. The number of rotatable bonds is 6. The minimum atomic E-state index is -0.454. The minimum absolute atomic E-state index is 0.323. The molecule has 2 N–H and O–H groups in total. The second-order valence-corrected chi connectivity index (χ2v) is 9.43. The molecule has 164 valence electrons. The number of aromatic nitrogens is 2. The average molecular weight is 414 g/mol. The molecule has 7 heteroatoms. The third-order valence-electron chi connectivity index (χ3n) is 5.46. The molecular formula is C23H35N5O2. The number of amides is 1. The molecule has 1 fully saturated rings. The largest absolute Gasteiger partial charge is 0.444 e. The molecule has 0 saturated heterocycles. The first-order chi connectivity index (χ1) is 14.2. The lowest BCUT2D eigenvalue weighted by molar-refractivity contribution is 0.0513. The van der Waals surface area contributed by atoms with Gasteiger partial charge in [-0.2, -0.15) is 4.98 Å².